The van der Waals surface area contributed by atoms with E-state index in [0.29, 0.717) is 11.3 Å². The van der Waals surface area contributed by atoms with Gasteiger partial charge in [0.1, 0.15) is 0 Å². The van der Waals surface area contributed by atoms with E-state index in [1.807, 2.05) is 6.07 Å². The van der Waals surface area contributed by atoms with Gasteiger partial charge in [0, 0.05) is 12.4 Å². The van der Waals surface area contributed by atoms with Crippen LogP contribution in [0, 0.1) is 0 Å². The summed E-state index contributed by atoms with van der Waals surface area (Å²) in [5.74, 6) is -0.239. The molecule has 2 aromatic rings. The Morgan fingerprint density at radius 2 is 1.83 bits per heavy atom. The fourth-order valence-electron chi connectivity index (χ4n) is 1.94. The summed E-state index contributed by atoms with van der Waals surface area (Å²) in [5.41, 5.74) is 1.49. The summed E-state index contributed by atoms with van der Waals surface area (Å²) in [4.78, 5) is 27.5. The van der Waals surface area contributed by atoms with Crippen molar-refractivity contribution in [1.82, 2.24) is 4.98 Å². The number of nitrogens with zero attached hydrogens (tertiary/aromatic N) is 1. The lowest BCUT2D eigenvalue weighted by Gasteiger charge is -2.03. The van der Waals surface area contributed by atoms with Gasteiger partial charge in [0.2, 0.25) is 0 Å². The number of hydrogen-bond donors (Lipinski definition) is 1. The van der Waals surface area contributed by atoms with Crippen LogP contribution in [-0.2, 0) is 9.59 Å². The molecule has 0 saturated heterocycles. The predicted molar refractivity (Wildman–Crippen MR) is 91.6 cm³/mol. The van der Waals surface area contributed by atoms with Gasteiger partial charge in [0.05, 0.1) is 13.5 Å². The molecule has 1 aromatic carbocycles. The molecule has 122 valence electrons. The van der Waals surface area contributed by atoms with Crippen molar-refractivity contribution in [3.63, 3.8) is 0 Å². The summed E-state index contributed by atoms with van der Waals surface area (Å²) in [7, 11) is 1.45. The Bertz CT molecular complexity index is 779. The Morgan fingerprint density at radius 1 is 1.12 bits per heavy atom. The molecule has 0 radical (unpaired) electrons. The predicted octanol–water partition coefficient (Wildman–Crippen LogP) is 3.05. The molecule has 0 atom stereocenters. The number of benzene rings is 1. The molecule has 0 unspecified atom stereocenters. The minimum absolute atomic E-state index is 0.0247. The first-order chi connectivity index (χ1) is 11.6. The van der Waals surface area contributed by atoms with Gasteiger partial charge < -0.3 is 9.84 Å². The Morgan fingerprint density at radius 3 is 2.46 bits per heavy atom. The molecule has 5 heteroatoms. The summed E-state index contributed by atoms with van der Waals surface area (Å²) < 4.78 is 4.99. The van der Waals surface area contributed by atoms with E-state index in [4.69, 9.17) is 4.74 Å². The van der Waals surface area contributed by atoms with E-state index in [9.17, 15) is 14.7 Å². The molecule has 0 aliphatic rings. The number of rotatable bonds is 7. The molecule has 0 bridgehead atoms. The monoisotopic (exact) mass is 323 g/mol. The number of ether oxygens (including phenoxy) is 1. The number of allylic oxidation sites excluding steroid dienone is 2. The van der Waals surface area contributed by atoms with Crippen molar-refractivity contribution in [2.75, 3.05) is 7.11 Å². The van der Waals surface area contributed by atoms with Gasteiger partial charge in [-0.3, -0.25) is 14.6 Å². The first kappa shape index (κ1) is 17.1. The van der Waals surface area contributed by atoms with E-state index in [0.717, 1.165) is 5.56 Å². The third-order valence-corrected chi connectivity index (χ3v) is 3.16. The molecule has 0 spiro atoms. The third-order valence-electron chi connectivity index (χ3n) is 3.16. The smallest absolute Gasteiger partial charge is 0.163 e. The van der Waals surface area contributed by atoms with Crippen LogP contribution >= 0.6 is 0 Å². The second-order valence-corrected chi connectivity index (χ2v) is 4.99. The number of ketones is 2. The van der Waals surface area contributed by atoms with Crippen LogP contribution in [0.25, 0.3) is 12.2 Å². The highest BCUT2D eigenvalue weighted by Gasteiger charge is 2.04. The first-order valence-electron chi connectivity index (χ1n) is 7.27. The maximum Gasteiger partial charge on any atom is 0.163 e. The number of methoxy groups -OCH3 is 1. The molecular formula is C19H17NO4. The zero-order chi connectivity index (χ0) is 17.4. The van der Waals surface area contributed by atoms with E-state index >= 15 is 0 Å². The SMILES string of the molecule is COc1cc(/C=C/C(=O)CC(=O)/C=C/c2cccnc2)ccc1O. The van der Waals surface area contributed by atoms with Gasteiger partial charge in [0.25, 0.3) is 0 Å². The lowest BCUT2D eigenvalue weighted by atomic mass is 10.1. The maximum absolute atomic E-state index is 11.8. The van der Waals surface area contributed by atoms with Crippen LogP contribution in [0.15, 0.2) is 54.9 Å². The molecule has 24 heavy (non-hydrogen) atoms. The summed E-state index contributed by atoms with van der Waals surface area (Å²) in [6, 6.07) is 8.31. The van der Waals surface area contributed by atoms with Crippen molar-refractivity contribution >= 4 is 23.7 Å². The number of phenols is 1. The van der Waals surface area contributed by atoms with Crippen molar-refractivity contribution < 1.29 is 19.4 Å². The molecule has 0 aliphatic carbocycles. The maximum atomic E-state index is 11.8. The lowest BCUT2D eigenvalue weighted by molar-refractivity contribution is -0.121. The molecule has 0 fully saturated rings. The van der Waals surface area contributed by atoms with Crippen LogP contribution in [0.5, 0.6) is 11.5 Å². The highest BCUT2D eigenvalue weighted by Crippen LogP contribution is 2.26. The number of aromatic nitrogens is 1. The summed E-state index contributed by atoms with van der Waals surface area (Å²) in [5, 5.41) is 9.51. The van der Waals surface area contributed by atoms with Gasteiger partial charge in [-0.2, -0.15) is 0 Å². The van der Waals surface area contributed by atoms with E-state index in [1.54, 1.807) is 42.7 Å². The van der Waals surface area contributed by atoms with Crippen molar-refractivity contribution in [3.05, 3.63) is 66.0 Å². The summed E-state index contributed by atoms with van der Waals surface area (Å²) >= 11 is 0. The van der Waals surface area contributed by atoms with Crippen molar-refractivity contribution in [1.29, 1.82) is 0 Å². The van der Waals surface area contributed by atoms with Gasteiger partial charge in [-0.1, -0.05) is 18.2 Å². The second-order valence-electron chi connectivity index (χ2n) is 4.99. The van der Waals surface area contributed by atoms with Crippen molar-refractivity contribution in [3.8, 4) is 11.5 Å². The Balaban J connectivity index is 1.92. The fourth-order valence-corrected chi connectivity index (χ4v) is 1.94. The van der Waals surface area contributed by atoms with Crippen molar-refractivity contribution in [2.45, 2.75) is 6.42 Å². The zero-order valence-electron chi connectivity index (χ0n) is 13.2. The van der Waals surface area contributed by atoms with Crippen LogP contribution in [0.4, 0.5) is 0 Å². The Labute approximate surface area is 139 Å². The van der Waals surface area contributed by atoms with Gasteiger partial charge in [-0.15, -0.1) is 0 Å². The van der Waals surface area contributed by atoms with Gasteiger partial charge >= 0.3 is 0 Å². The molecule has 5 nitrogen and oxygen atoms in total. The highest BCUT2D eigenvalue weighted by atomic mass is 16.5. The van der Waals surface area contributed by atoms with Crippen LogP contribution in [0.1, 0.15) is 17.5 Å². The third kappa shape index (κ3) is 5.21. The van der Waals surface area contributed by atoms with Crippen LogP contribution in [-0.4, -0.2) is 28.8 Å². The first-order valence-corrected chi connectivity index (χ1v) is 7.27. The van der Waals surface area contributed by atoms with Crippen LogP contribution < -0.4 is 4.74 Å². The lowest BCUT2D eigenvalue weighted by Crippen LogP contribution is -2.01. The van der Waals surface area contributed by atoms with Gasteiger partial charge in [-0.25, -0.2) is 0 Å². The fraction of sp³-hybridized carbons (Fsp3) is 0.105. The molecule has 2 rings (SSSR count). The summed E-state index contributed by atoms with van der Waals surface area (Å²) in [6.07, 6.45) is 8.96. The molecule has 0 aliphatic heterocycles. The number of carbonyl (C=O) groups is 2. The number of carbonyl (C=O) groups excluding carboxylic acids is 2. The Kier molecular flexibility index (Phi) is 6.02. The number of aromatic hydroxyl groups is 1. The standard InChI is InChI=1S/C19H17NO4/c1-24-19-11-14(6-9-18(19)23)4-7-16(21)12-17(22)8-5-15-3-2-10-20-13-15/h2-11,13,23H,12H2,1H3/b7-4+,8-5+. The average Bonchev–Trinajstić information content (AvgIpc) is 2.60. The minimum Gasteiger partial charge on any atom is -0.504 e. The zero-order valence-corrected chi connectivity index (χ0v) is 13.2. The van der Waals surface area contributed by atoms with Crippen LogP contribution in [0.2, 0.25) is 0 Å². The normalized spacial score (nSPS) is 11.0. The topological polar surface area (TPSA) is 76.5 Å². The molecule has 1 N–H and O–H groups in total. The molecule has 0 saturated carbocycles. The number of pyridine rings is 1. The van der Waals surface area contributed by atoms with E-state index < -0.39 is 0 Å². The quantitative estimate of drug-likeness (QED) is 0.626. The second kappa shape index (κ2) is 8.43. The van der Waals surface area contributed by atoms with Crippen LogP contribution in [0.3, 0.4) is 0 Å². The summed E-state index contributed by atoms with van der Waals surface area (Å²) in [6.45, 7) is 0. The molecule has 1 heterocycles. The average molecular weight is 323 g/mol. The number of hydrogen-bond acceptors (Lipinski definition) is 5. The molecule has 1 aromatic heterocycles. The number of phenolic OH excluding ortho intramolecular Hbond substituents is 1. The Hall–Kier alpha value is -3.21. The van der Waals surface area contributed by atoms with Gasteiger partial charge in [0.15, 0.2) is 23.1 Å². The minimum atomic E-state index is -0.303. The largest absolute Gasteiger partial charge is 0.504 e. The van der Waals surface area contributed by atoms with Crippen molar-refractivity contribution in [2.24, 2.45) is 0 Å². The van der Waals surface area contributed by atoms with E-state index in [2.05, 4.69) is 4.98 Å². The van der Waals surface area contributed by atoms with E-state index in [-0.39, 0.29) is 23.7 Å². The van der Waals surface area contributed by atoms with Gasteiger partial charge in [-0.05, 0) is 47.6 Å². The molecule has 0 amide bonds. The molecular weight excluding hydrogens is 306 g/mol. The van der Waals surface area contributed by atoms with E-state index in [1.165, 1.54) is 25.3 Å². The highest BCUT2D eigenvalue weighted by molar-refractivity contribution is 6.10.